The van der Waals surface area contributed by atoms with Crippen molar-refractivity contribution < 1.29 is 37.6 Å². The molecule has 0 aliphatic rings. The third-order valence-electron chi connectivity index (χ3n) is 2.15. The number of rotatable bonds is 14. The number of hydrogen-bond acceptors (Lipinski definition) is 5. The standard InChI is InChI=1S/C12H22F2O6/c1-2-3-4-17-5-6-18-7-8-19-9-10-20-12(13,14)11(15)16/h2-10H2,1H3,(H,15,16). The maximum absolute atomic E-state index is 12.4. The van der Waals surface area contributed by atoms with Gasteiger partial charge in [-0.1, -0.05) is 13.3 Å². The van der Waals surface area contributed by atoms with Crippen molar-refractivity contribution in [1.29, 1.82) is 0 Å². The van der Waals surface area contributed by atoms with Gasteiger partial charge >= 0.3 is 12.1 Å². The summed E-state index contributed by atoms with van der Waals surface area (Å²) in [6.07, 6.45) is -2.07. The van der Waals surface area contributed by atoms with Gasteiger partial charge in [-0.3, -0.25) is 0 Å². The lowest BCUT2D eigenvalue weighted by Crippen LogP contribution is -2.32. The maximum atomic E-state index is 12.4. The summed E-state index contributed by atoms with van der Waals surface area (Å²) in [5, 5.41) is 8.07. The second-order valence-electron chi connectivity index (χ2n) is 3.86. The lowest BCUT2D eigenvalue weighted by atomic mass is 10.4. The van der Waals surface area contributed by atoms with Crippen LogP contribution < -0.4 is 0 Å². The van der Waals surface area contributed by atoms with Crippen LogP contribution in [0.3, 0.4) is 0 Å². The number of ether oxygens (including phenoxy) is 4. The Bertz CT molecular complexity index is 250. The van der Waals surface area contributed by atoms with Gasteiger partial charge in [0.25, 0.3) is 0 Å². The normalized spacial score (nSPS) is 11.8. The molecule has 0 fully saturated rings. The van der Waals surface area contributed by atoms with Crippen LogP contribution in [0.25, 0.3) is 0 Å². The van der Waals surface area contributed by atoms with E-state index in [2.05, 4.69) is 11.7 Å². The highest BCUT2D eigenvalue weighted by Gasteiger charge is 2.40. The number of unbranched alkanes of at least 4 members (excludes halogenated alkanes) is 1. The van der Waals surface area contributed by atoms with Gasteiger partial charge in [-0.2, -0.15) is 8.78 Å². The van der Waals surface area contributed by atoms with Crippen LogP contribution in [0.1, 0.15) is 19.8 Å². The van der Waals surface area contributed by atoms with Crippen LogP contribution in [0.4, 0.5) is 8.78 Å². The van der Waals surface area contributed by atoms with E-state index in [1.165, 1.54) is 0 Å². The average Bonchev–Trinajstić information content (AvgIpc) is 2.39. The molecule has 0 rings (SSSR count). The van der Waals surface area contributed by atoms with Crippen LogP contribution >= 0.6 is 0 Å². The van der Waals surface area contributed by atoms with Crippen LogP contribution in [0.5, 0.6) is 0 Å². The quantitative estimate of drug-likeness (QED) is 0.490. The van der Waals surface area contributed by atoms with Crippen molar-refractivity contribution in [2.24, 2.45) is 0 Å². The summed E-state index contributed by atoms with van der Waals surface area (Å²) in [6, 6.07) is 0. The molecule has 20 heavy (non-hydrogen) atoms. The van der Waals surface area contributed by atoms with Gasteiger partial charge in [0.1, 0.15) is 0 Å². The first-order valence-electron chi connectivity index (χ1n) is 6.49. The number of hydrogen-bond donors (Lipinski definition) is 1. The number of carboxylic acids is 1. The number of halogens is 2. The highest BCUT2D eigenvalue weighted by Crippen LogP contribution is 2.14. The monoisotopic (exact) mass is 300 g/mol. The molecule has 0 spiro atoms. The van der Waals surface area contributed by atoms with Gasteiger partial charge in [-0.25, -0.2) is 4.79 Å². The molecule has 8 heteroatoms. The molecule has 0 heterocycles. The maximum Gasteiger partial charge on any atom is 0.456 e. The van der Waals surface area contributed by atoms with E-state index in [1.807, 2.05) is 0 Å². The first-order chi connectivity index (χ1) is 9.50. The Kier molecular flexibility index (Phi) is 11.5. The predicted molar refractivity (Wildman–Crippen MR) is 65.9 cm³/mol. The van der Waals surface area contributed by atoms with E-state index in [4.69, 9.17) is 19.3 Å². The van der Waals surface area contributed by atoms with Gasteiger partial charge in [0.2, 0.25) is 0 Å². The number of carbonyl (C=O) groups is 1. The molecule has 6 nitrogen and oxygen atoms in total. The largest absolute Gasteiger partial charge is 0.475 e. The van der Waals surface area contributed by atoms with Crippen molar-refractivity contribution in [1.82, 2.24) is 0 Å². The number of carboxylic acid groups (broad SMARTS) is 1. The van der Waals surface area contributed by atoms with Gasteiger partial charge in [0.15, 0.2) is 0 Å². The molecule has 0 aromatic heterocycles. The van der Waals surface area contributed by atoms with Crippen molar-refractivity contribution in [2.45, 2.75) is 25.9 Å². The number of alkyl halides is 2. The van der Waals surface area contributed by atoms with Crippen LogP contribution in [0, 0.1) is 0 Å². The van der Waals surface area contributed by atoms with Gasteiger partial charge < -0.3 is 24.1 Å². The molecule has 120 valence electrons. The first-order valence-corrected chi connectivity index (χ1v) is 6.49. The molecule has 0 saturated carbocycles. The molecule has 0 amide bonds. The summed E-state index contributed by atoms with van der Waals surface area (Å²) >= 11 is 0. The Morgan fingerprint density at radius 3 is 1.85 bits per heavy atom. The minimum atomic E-state index is -4.17. The molecule has 0 radical (unpaired) electrons. The molecule has 0 saturated heterocycles. The van der Waals surface area contributed by atoms with Crippen LogP contribution in [-0.2, 0) is 23.7 Å². The smallest absolute Gasteiger partial charge is 0.456 e. The van der Waals surface area contributed by atoms with Crippen LogP contribution in [0.2, 0.25) is 0 Å². The Labute approximate surface area is 116 Å². The molecule has 1 N–H and O–H groups in total. The second-order valence-corrected chi connectivity index (χ2v) is 3.86. The Morgan fingerprint density at radius 1 is 0.950 bits per heavy atom. The van der Waals surface area contributed by atoms with Crippen molar-refractivity contribution in [3.8, 4) is 0 Å². The van der Waals surface area contributed by atoms with E-state index in [0.717, 1.165) is 12.8 Å². The zero-order chi connectivity index (χ0) is 15.3. The molecular formula is C12H22F2O6. The van der Waals surface area contributed by atoms with Crippen molar-refractivity contribution >= 4 is 5.97 Å². The molecule has 0 bridgehead atoms. The van der Waals surface area contributed by atoms with E-state index >= 15 is 0 Å². The van der Waals surface area contributed by atoms with Gasteiger partial charge in [-0.05, 0) is 6.42 Å². The average molecular weight is 300 g/mol. The van der Waals surface area contributed by atoms with Crippen molar-refractivity contribution in [2.75, 3.05) is 46.2 Å². The van der Waals surface area contributed by atoms with E-state index in [-0.39, 0.29) is 13.2 Å². The molecule has 0 aliphatic heterocycles. The summed E-state index contributed by atoms with van der Waals surface area (Å²) in [7, 11) is 0. The zero-order valence-electron chi connectivity index (χ0n) is 11.6. The Morgan fingerprint density at radius 2 is 1.40 bits per heavy atom. The zero-order valence-corrected chi connectivity index (χ0v) is 11.6. The van der Waals surface area contributed by atoms with Crippen LogP contribution in [0.15, 0.2) is 0 Å². The fraction of sp³-hybridized carbons (Fsp3) is 0.917. The Balaban J connectivity index is 3.19. The van der Waals surface area contributed by atoms with Gasteiger partial charge in [0, 0.05) is 6.61 Å². The van der Waals surface area contributed by atoms with E-state index in [1.54, 1.807) is 0 Å². The van der Waals surface area contributed by atoms with E-state index in [0.29, 0.717) is 26.4 Å². The molecular weight excluding hydrogens is 278 g/mol. The summed E-state index contributed by atoms with van der Waals surface area (Å²) in [6.45, 7) is 3.65. The molecule has 0 aromatic rings. The lowest BCUT2D eigenvalue weighted by Gasteiger charge is -2.11. The minimum absolute atomic E-state index is 0.126. The van der Waals surface area contributed by atoms with Crippen molar-refractivity contribution in [3.05, 3.63) is 0 Å². The Hall–Kier alpha value is -0.830. The number of aliphatic carboxylic acids is 1. The highest BCUT2D eigenvalue weighted by molar-refractivity contribution is 5.73. The SMILES string of the molecule is CCCCOCCOCCOCCOC(F)(F)C(=O)O. The van der Waals surface area contributed by atoms with Crippen LogP contribution in [-0.4, -0.2) is 63.4 Å². The topological polar surface area (TPSA) is 74.2 Å². The van der Waals surface area contributed by atoms with Crippen molar-refractivity contribution in [3.63, 3.8) is 0 Å². The van der Waals surface area contributed by atoms with Gasteiger partial charge in [0.05, 0.1) is 39.6 Å². The molecule has 0 aliphatic carbocycles. The predicted octanol–water partition coefficient (Wildman–Crippen LogP) is 1.53. The summed E-state index contributed by atoms with van der Waals surface area (Å²) in [5.74, 6) is -2.32. The molecule has 0 atom stereocenters. The lowest BCUT2D eigenvalue weighted by molar-refractivity contribution is -0.248. The highest BCUT2D eigenvalue weighted by atomic mass is 19.3. The summed E-state index contributed by atoms with van der Waals surface area (Å²) in [5.41, 5.74) is 0. The third-order valence-corrected chi connectivity index (χ3v) is 2.15. The second kappa shape index (κ2) is 12.0. The molecule has 0 aromatic carbocycles. The van der Waals surface area contributed by atoms with E-state index in [9.17, 15) is 13.6 Å². The minimum Gasteiger partial charge on any atom is -0.475 e. The fourth-order valence-corrected chi connectivity index (χ4v) is 1.08. The van der Waals surface area contributed by atoms with Gasteiger partial charge in [-0.15, -0.1) is 0 Å². The van der Waals surface area contributed by atoms with E-state index < -0.39 is 18.7 Å². The summed E-state index contributed by atoms with van der Waals surface area (Å²) in [4.78, 5) is 10.0. The fourth-order valence-electron chi connectivity index (χ4n) is 1.08. The first kappa shape index (κ1) is 19.2. The summed E-state index contributed by atoms with van der Waals surface area (Å²) < 4.78 is 44.1. The third kappa shape index (κ3) is 11.0. The molecule has 0 unspecified atom stereocenters.